The summed E-state index contributed by atoms with van der Waals surface area (Å²) in [5.74, 6) is 1.36. The van der Waals surface area contributed by atoms with Crippen LogP contribution in [-0.4, -0.2) is 12.4 Å². The highest BCUT2D eigenvalue weighted by atomic mass is 15.0. The van der Waals surface area contributed by atoms with Gasteiger partial charge in [0.25, 0.3) is 0 Å². The summed E-state index contributed by atoms with van der Waals surface area (Å²) in [7, 11) is 0. The smallest absolute Gasteiger partial charge is 0.0935 e. The third kappa shape index (κ3) is 1.49. The predicted octanol–water partition coefficient (Wildman–Crippen LogP) is 1.62. The molecule has 10 heavy (non-hydrogen) atoms. The van der Waals surface area contributed by atoms with Crippen LogP contribution in [-0.2, 0) is 0 Å². The van der Waals surface area contributed by atoms with E-state index in [0.717, 1.165) is 13.0 Å². The number of rotatable bonds is 0. The van der Waals surface area contributed by atoms with Crippen molar-refractivity contribution < 1.29 is 0 Å². The van der Waals surface area contributed by atoms with Crippen LogP contribution in [0.25, 0.3) is 0 Å². The molecule has 0 spiro atoms. The molecular weight excluding hydrogens is 124 g/mol. The molecule has 2 nitrogen and oxygen atoms in total. The van der Waals surface area contributed by atoms with Gasteiger partial charge in [-0.3, -0.25) is 5.41 Å². The molecule has 1 aliphatic heterocycles. The summed E-state index contributed by atoms with van der Waals surface area (Å²) in [4.78, 5) is 0. The fraction of sp³-hybridized carbons (Fsp3) is 0.875. The molecule has 0 aromatic carbocycles. The van der Waals surface area contributed by atoms with E-state index in [1.54, 1.807) is 0 Å². The van der Waals surface area contributed by atoms with Gasteiger partial charge in [-0.2, -0.15) is 0 Å². The highest BCUT2D eigenvalue weighted by molar-refractivity contribution is 5.81. The van der Waals surface area contributed by atoms with Crippen molar-refractivity contribution in [3.05, 3.63) is 0 Å². The van der Waals surface area contributed by atoms with Gasteiger partial charge in [0.05, 0.1) is 5.84 Å². The van der Waals surface area contributed by atoms with Crippen molar-refractivity contribution in [1.82, 2.24) is 5.32 Å². The van der Waals surface area contributed by atoms with Crippen LogP contribution in [0.15, 0.2) is 0 Å². The third-order valence-corrected chi connectivity index (χ3v) is 2.24. The van der Waals surface area contributed by atoms with Gasteiger partial charge in [-0.15, -0.1) is 0 Å². The van der Waals surface area contributed by atoms with E-state index in [-0.39, 0.29) is 0 Å². The van der Waals surface area contributed by atoms with E-state index in [9.17, 15) is 0 Å². The molecule has 2 N–H and O–H groups in total. The number of hydrogen-bond acceptors (Lipinski definition) is 1. The van der Waals surface area contributed by atoms with Gasteiger partial charge < -0.3 is 5.32 Å². The maximum Gasteiger partial charge on any atom is 0.0935 e. The molecule has 1 atom stereocenters. The number of nitrogens with one attached hydrogen (secondary N) is 2. The molecule has 0 saturated carbocycles. The third-order valence-electron chi connectivity index (χ3n) is 2.24. The fourth-order valence-corrected chi connectivity index (χ4v) is 1.25. The Labute approximate surface area is 62.5 Å². The maximum atomic E-state index is 7.35. The topological polar surface area (TPSA) is 35.9 Å². The summed E-state index contributed by atoms with van der Waals surface area (Å²) in [6, 6.07) is 0. The van der Waals surface area contributed by atoms with Gasteiger partial charge in [-0.25, -0.2) is 0 Å². The molecule has 0 aromatic heterocycles. The standard InChI is InChI=1S/C8H16N2/c1-8(2,3)6-4-7(9)10-5-6/h6H,4-5H2,1-3H3,(H2,9,10). The molecule has 0 bridgehead atoms. The van der Waals surface area contributed by atoms with Crippen molar-refractivity contribution in [2.75, 3.05) is 6.54 Å². The van der Waals surface area contributed by atoms with Gasteiger partial charge in [0.2, 0.25) is 0 Å². The van der Waals surface area contributed by atoms with E-state index in [1.807, 2.05) is 0 Å². The predicted molar refractivity (Wildman–Crippen MR) is 43.3 cm³/mol. The second kappa shape index (κ2) is 2.26. The van der Waals surface area contributed by atoms with E-state index < -0.39 is 0 Å². The molecule has 0 radical (unpaired) electrons. The quantitative estimate of drug-likeness (QED) is 0.527. The highest BCUT2D eigenvalue weighted by Gasteiger charge is 2.29. The summed E-state index contributed by atoms with van der Waals surface area (Å²) < 4.78 is 0. The van der Waals surface area contributed by atoms with E-state index >= 15 is 0 Å². The second-order valence-electron chi connectivity index (χ2n) is 4.13. The first kappa shape index (κ1) is 7.58. The molecule has 58 valence electrons. The molecule has 1 aliphatic rings. The minimum atomic E-state index is 0.357. The lowest BCUT2D eigenvalue weighted by molar-refractivity contribution is 0.265. The van der Waals surface area contributed by atoms with Crippen LogP contribution < -0.4 is 5.32 Å². The van der Waals surface area contributed by atoms with E-state index in [4.69, 9.17) is 5.41 Å². The Bertz CT molecular complexity index is 144. The SMILES string of the molecule is CC(C)(C)C1CNC(=N)C1. The van der Waals surface area contributed by atoms with Crippen molar-refractivity contribution >= 4 is 5.84 Å². The van der Waals surface area contributed by atoms with Crippen molar-refractivity contribution in [1.29, 1.82) is 5.41 Å². The summed E-state index contributed by atoms with van der Waals surface area (Å²) in [6.45, 7) is 7.69. The Balaban J connectivity index is 2.53. The number of amidine groups is 1. The molecule has 1 rings (SSSR count). The lowest BCUT2D eigenvalue weighted by Crippen LogP contribution is -2.22. The molecule has 1 heterocycles. The summed E-state index contributed by atoms with van der Waals surface area (Å²) in [5, 5.41) is 10.4. The molecule has 0 aromatic rings. The van der Waals surface area contributed by atoms with E-state index in [0.29, 0.717) is 17.2 Å². The van der Waals surface area contributed by atoms with Crippen LogP contribution in [0.1, 0.15) is 27.2 Å². The van der Waals surface area contributed by atoms with Gasteiger partial charge in [-0.1, -0.05) is 20.8 Å². The Morgan fingerprint density at radius 1 is 1.50 bits per heavy atom. The van der Waals surface area contributed by atoms with Gasteiger partial charge >= 0.3 is 0 Å². The second-order valence-corrected chi connectivity index (χ2v) is 4.13. The first-order chi connectivity index (χ1) is 4.50. The summed E-state index contributed by atoms with van der Waals surface area (Å²) in [6.07, 6.45) is 0.934. The Hall–Kier alpha value is -0.530. The minimum Gasteiger partial charge on any atom is -0.374 e. The maximum absolute atomic E-state index is 7.35. The van der Waals surface area contributed by atoms with Gasteiger partial charge in [-0.05, 0) is 11.3 Å². The molecule has 1 fully saturated rings. The molecular formula is C8H16N2. The van der Waals surface area contributed by atoms with Crippen LogP contribution in [0.2, 0.25) is 0 Å². The lowest BCUT2D eigenvalue weighted by atomic mass is 9.80. The Kier molecular flexibility index (Phi) is 1.71. The van der Waals surface area contributed by atoms with E-state index in [1.165, 1.54) is 0 Å². The Morgan fingerprint density at radius 2 is 2.10 bits per heavy atom. The molecule has 0 amide bonds. The monoisotopic (exact) mass is 140 g/mol. The van der Waals surface area contributed by atoms with Crippen molar-refractivity contribution in [3.8, 4) is 0 Å². The van der Waals surface area contributed by atoms with Crippen LogP contribution >= 0.6 is 0 Å². The summed E-state index contributed by atoms with van der Waals surface area (Å²) in [5.41, 5.74) is 0.357. The van der Waals surface area contributed by atoms with Crippen LogP contribution in [0.5, 0.6) is 0 Å². The average Bonchev–Trinajstić information content (AvgIpc) is 2.11. The average molecular weight is 140 g/mol. The van der Waals surface area contributed by atoms with Gasteiger partial charge in [0.15, 0.2) is 0 Å². The number of hydrogen-bond donors (Lipinski definition) is 2. The first-order valence-corrected chi connectivity index (χ1v) is 3.81. The van der Waals surface area contributed by atoms with Crippen LogP contribution in [0.3, 0.4) is 0 Å². The van der Waals surface area contributed by atoms with Crippen molar-refractivity contribution in [2.24, 2.45) is 11.3 Å². The van der Waals surface area contributed by atoms with Crippen LogP contribution in [0.4, 0.5) is 0 Å². The zero-order chi connectivity index (χ0) is 7.78. The highest BCUT2D eigenvalue weighted by Crippen LogP contribution is 2.30. The zero-order valence-corrected chi connectivity index (χ0v) is 6.99. The first-order valence-electron chi connectivity index (χ1n) is 3.81. The zero-order valence-electron chi connectivity index (χ0n) is 6.99. The van der Waals surface area contributed by atoms with Crippen molar-refractivity contribution in [2.45, 2.75) is 27.2 Å². The summed E-state index contributed by atoms with van der Waals surface area (Å²) >= 11 is 0. The van der Waals surface area contributed by atoms with Gasteiger partial charge in [0, 0.05) is 13.0 Å². The fourth-order valence-electron chi connectivity index (χ4n) is 1.25. The molecule has 1 unspecified atom stereocenters. The normalized spacial score (nSPS) is 26.7. The van der Waals surface area contributed by atoms with Crippen LogP contribution in [0, 0.1) is 16.7 Å². The molecule has 2 heteroatoms. The van der Waals surface area contributed by atoms with Gasteiger partial charge in [0.1, 0.15) is 0 Å². The largest absolute Gasteiger partial charge is 0.374 e. The Morgan fingerprint density at radius 3 is 2.30 bits per heavy atom. The van der Waals surface area contributed by atoms with Crippen molar-refractivity contribution in [3.63, 3.8) is 0 Å². The lowest BCUT2D eigenvalue weighted by Gasteiger charge is -2.24. The minimum absolute atomic E-state index is 0.357. The molecule has 0 aliphatic carbocycles. The molecule has 1 saturated heterocycles. The van der Waals surface area contributed by atoms with E-state index in [2.05, 4.69) is 26.1 Å².